The fourth-order valence-electron chi connectivity index (χ4n) is 2.29. The maximum atomic E-state index is 12.1. The van der Waals surface area contributed by atoms with Crippen LogP contribution in [0.1, 0.15) is 19.8 Å². The number of carbonyl (C=O) groups is 1. The first-order chi connectivity index (χ1) is 9.37. The maximum Gasteiger partial charge on any atom is 0.321 e. The number of rotatable bonds is 2. The van der Waals surface area contributed by atoms with Crippen LogP contribution < -0.4 is 5.32 Å². The molecule has 0 spiro atoms. The molecule has 1 aliphatic rings. The van der Waals surface area contributed by atoms with E-state index in [1.807, 2.05) is 0 Å². The number of hydrogen-bond acceptors (Lipinski definition) is 4. The van der Waals surface area contributed by atoms with Gasteiger partial charge >= 0.3 is 6.03 Å². The molecule has 0 bridgehead atoms. The molecule has 0 radical (unpaired) electrons. The minimum Gasteiger partial charge on any atom is -0.388 e. The number of hydrogen-bond donors (Lipinski definition) is 2. The van der Waals surface area contributed by atoms with Crippen LogP contribution in [-0.4, -0.2) is 39.7 Å². The van der Waals surface area contributed by atoms with E-state index >= 15 is 0 Å². The van der Waals surface area contributed by atoms with Crippen molar-refractivity contribution in [1.82, 2.24) is 4.90 Å². The van der Waals surface area contributed by atoms with Crippen molar-refractivity contribution in [3.63, 3.8) is 0 Å². The molecule has 1 fully saturated rings. The van der Waals surface area contributed by atoms with Crippen molar-refractivity contribution in [1.29, 1.82) is 0 Å². The zero-order valence-electron chi connectivity index (χ0n) is 11.2. The van der Waals surface area contributed by atoms with Crippen molar-refractivity contribution in [3.8, 4) is 0 Å². The second-order valence-electron chi connectivity index (χ2n) is 5.26. The number of piperidine rings is 1. The highest BCUT2D eigenvalue weighted by molar-refractivity contribution is 5.89. The number of aliphatic hydroxyl groups is 1. The Kier molecular flexibility index (Phi) is 3.89. The van der Waals surface area contributed by atoms with E-state index in [-0.39, 0.29) is 18.3 Å². The number of amides is 2. The van der Waals surface area contributed by atoms with Gasteiger partial charge in [-0.2, -0.15) is 0 Å². The number of nitrogens with one attached hydrogen (secondary N) is 1. The first-order valence-electron chi connectivity index (χ1n) is 6.40. The van der Waals surface area contributed by atoms with Crippen molar-refractivity contribution in [2.45, 2.75) is 25.4 Å². The highest BCUT2D eigenvalue weighted by atomic mass is 16.6. The van der Waals surface area contributed by atoms with Crippen LogP contribution in [0.2, 0.25) is 0 Å². The van der Waals surface area contributed by atoms with Crippen molar-refractivity contribution >= 4 is 17.4 Å². The van der Waals surface area contributed by atoms with Gasteiger partial charge in [0.2, 0.25) is 0 Å². The predicted molar refractivity (Wildman–Crippen MR) is 73.5 cm³/mol. The summed E-state index contributed by atoms with van der Waals surface area (Å²) in [6.07, 6.45) is 1.39. The van der Waals surface area contributed by atoms with E-state index in [4.69, 9.17) is 0 Å². The topological polar surface area (TPSA) is 95.7 Å². The molecular formula is C13H17N3O4. The van der Waals surface area contributed by atoms with Crippen LogP contribution in [-0.2, 0) is 0 Å². The Morgan fingerprint density at radius 2 is 2.30 bits per heavy atom. The van der Waals surface area contributed by atoms with Crippen LogP contribution in [0.15, 0.2) is 24.3 Å². The van der Waals surface area contributed by atoms with E-state index in [9.17, 15) is 20.0 Å². The van der Waals surface area contributed by atoms with Gasteiger partial charge in [-0.3, -0.25) is 10.1 Å². The second-order valence-corrected chi connectivity index (χ2v) is 5.26. The first kappa shape index (κ1) is 14.3. The summed E-state index contributed by atoms with van der Waals surface area (Å²) in [5, 5.41) is 23.3. The Labute approximate surface area is 116 Å². The van der Waals surface area contributed by atoms with Crippen LogP contribution in [0.3, 0.4) is 0 Å². The van der Waals surface area contributed by atoms with Gasteiger partial charge in [0, 0.05) is 24.4 Å². The fourth-order valence-corrected chi connectivity index (χ4v) is 2.29. The molecule has 2 N–H and O–H groups in total. The number of nitrogens with zero attached hydrogens (tertiary/aromatic N) is 2. The third kappa shape index (κ3) is 3.45. The molecule has 1 atom stereocenters. The number of urea groups is 1. The van der Waals surface area contributed by atoms with Crippen molar-refractivity contribution < 1.29 is 14.8 Å². The monoisotopic (exact) mass is 279 g/mol. The summed E-state index contributed by atoms with van der Waals surface area (Å²) < 4.78 is 0. The lowest BCUT2D eigenvalue weighted by molar-refractivity contribution is -0.384. The quantitative estimate of drug-likeness (QED) is 0.639. The molecule has 0 aliphatic carbocycles. The third-order valence-corrected chi connectivity index (χ3v) is 3.27. The zero-order chi connectivity index (χ0) is 14.8. The summed E-state index contributed by atoms with van der Waals surface area (Å²) in [6, 6.07) is 5.42. The van der Waals surface area contributed by atoms with Crippen LogP contribution in [0.5, 0.6) is 0 Å². The number of nitro benzene ring substituents is 1. The van der Waals surface area contributed by atoms with E-state index in [1.165, 1.54) is 23.1 Å². The van der Waals surface area contributed by atoms with Crippen molar-refractivity contribution in [2.75, 3.05) is 18.4 Å². The number of nitro groups is 1. The molecule has 0 aromatic heterocycles. The molecule has 1 aliphatic heterocycles. The minimum absolute atomic E-state index is 0.0755. The molecule has 7 nitrogen and oxygen atoms in total. The average molecular weight is 279 g/mol. The van der Waals surface area contributed by atoms with Gasteiger partial charge in [-0.15, -0.1) is 0 Å². The maximum absolute atomic E-state index is 12.1. The highest BCUT2D eigenvalue weighted by Gasteiger charge is 2.30. The number of benzene rings is 1. The lowest BCUT2D eigenvalue weighted by Crippen LogP contribution is -2.49. The van der Waals surface area contributed by atoms with Crippen LogP contribution in [0, 0.1) is 10.1 Å². The molecule has 1 unspecified atom stereocenters. The van der Waals surface area contributed by atoms with Gasteiger partial charge in [-0.1, -0.05) is 6.07 Å². The van der Waals surface area contributed by atoms with Gasteiger partial charge in [0.1, 0.15) is 0 Å². The second kappa shape index (κ2) is 5.46. The van der Waals surface area contributed by atoms with Gasteiger partial charge in [0.05, 0.1) is 17.1 Å². The summed E-state index contributed by atoms with van der Waals surface area (Å²) in [5.74, 6) is 0. The summed E-state index contributed by atoms with van der Waals surface area (Å²) >= 11 is 0. The Balaban J connectivity index is 2.04. The summed E-state index contributed by atoms with van der Waals surface area (Å²) in [4.78, 5) is 23.7. The molecule has 1 heterocycles. The van der Waals surface area contributed by atoms with E-state index in [0.29, 0.717) is 18.7 Å². The number of β-amino-alcohol motifs (C(OH)–C–C–N with tert-alkyl or cyclic N) is 1. The molecule has 1 aromatic rings. The van der Waals surface area contributed by atoms with Crippen LogP contribution in [0.4, 0.5) is 16.2 Å². The molecule has 108 valence electrons. The molecular weight excluding hydrogens is 262 g/mol. The van der Waals surface area contributed by atoms with Crippen molar-refractivity contribution in [3.05, 3.63) is 34.4 Å². The van der Waals surface area contributed by atoms with E-state index in [2.05, 4.69) is 5.32 Å². The predicted octanol–water partition coefficient (Wildman–Crippen LogP) is 1.97. The third-order valence-electron chi connectivity index (χ3n) is 3.27. The fraction of sp³-hybridized carbons (Fsp3) is 0.462. The van der Waals surface area contributed by atoms with Crippen LogP contribution in [0.25, 0.3) is 0 Å². The molecule has 2 amide bonds. The van der Waals surface area contributed by atoms with Gasteiger partial charge in [-0.25, -0.2) is 4.79 Å². The van der Waals surface area contributed by atoms with Gasteiger partial charge in [-0.05, 0) is 25.8 Å². The minimum atomic E-state index is -0.877. The largest absolute Gasteiger partial charge is 0.388 e. The number of likely N-dealkylation sites (tertiary alicyclic amines) is 1. The summed E-state index contributed by atoms with van der Waals surface area (Å²) in [6.45, 7) is 2.52. The van der Waals surface area contributed by atoms with Crippen molar-refractivity contribution in [2.24, 2.45) is 0 Å². The SMILES string of the molecule is CC1(O)CCCN(C(=O)Nc2cccc([N+](=O)[O-])c2)C1. The normalized spacial score (nSPS) is 22.4. The summed E-state index contributed by atoms with van der Waals surface area (Å²) in [5.41, 5.74) is -0.582. The Morgan fingerprint density at radius 3 is 2.95 bits per heavy atom. The molecule has 2 rings (SSSR count). The van der Waals surface area contributed by atoms with Gasteiger partial charge < -0.3 is 15.3 Å². The molecule has 1 aromatic carbocycles. The van der Waals surface area contributed by atoms with Gasteiger partial charge in [0.15, 0.2) is 0 Å². The Morgan fingerprint density at radius 1 is 1.55 bits per heavy atom. The lowest BCUT2D eigenvalue weighted by atomic mass is 9.95. The van der Waals surface area contributed by atoms with E-state index in [0.717, 1.165) is 6.42 Å². The number of carbonyl (C=O) groups excluding carboxylic acids is 1. The van der Waals surface area contributed by atoms with Crippen LogP contribution >= 0.6 is 0 Å². The lowest BCUT2D eigenvalue weighted by Gasteiger charge is -2.36. The Bertz CT molecular complexity index is 530. The smallest absolute Gasteiger partial charge is 0.321 e. The summed E-state index contributed by atoms with van der Waals surface area (Å²) in [7, 11) is 0. The van der Waals surface area contributed by atoms with E-state index < -0.39 is 10.5 Å². The number of non-ortho nitro benzene ring substituents is 1. The molecule has 7 heteroatoms. The first-order valence-corrected chi connectivity index (χ1v) is 6.40. The highest BCUT2D eigenvalue weighted by Crippen LogP contribution is 2.22. The average Bonchev–Trinajstić information content (AvgIpc) is 2.37. The number of anilines is 1. The zero-order valence-corrected chi connectivity index (χ0v) is 11.2. The molecule has 20 heavy (non-hydrogen) atoms. The Hall–Kier alpha value is -2.15. The standard InChI is InChI=1S/C13H17N3O4/c1-13(18)6-3-7-15(9-13)12(17)14-10-4-2-5-11(8-10)16(19)20/h2,4-5,8,18H,3,6-7,9H2,1H3,(H,14,17). The molecule has 1 saturated heterocycles. The molecule has 0 saturated carbocycles. The van der Waals surface area contributed by atoms with E-state index in [1.54, 1.807) is 13.0 Å². The van der Waals surface area contributed by atoms with Gasteiger partial charge in [0.25, 0.3) is 5.69 Å².